The number of esters is 1. The Morgan fingerprint density at radius 3 is 2.82 bits per heavy atom. The molecule has 0 unspecified atom stereocenters. The first-order valence-corrected chi connectivity index (χ1v) is 5.52. The highest BCUT2D eigenvalue weighted by atomic mass is 16.5. The molecule has 4 nitrogen and oxygen atoms in total. The molecule has 0 atom stereocenters. The number of likely N-dealkylation sites (N-methyl/N-ethyl adjacent to an activating group) is 1. The topological polar surface area (TPSA) is 42.4 Å². The van der Waals surface area contributed by atoms with Gasteiger partial charge in [0.2, 0.25) is 0 Å². The standard InChI is InChI=1S/C13H18N2O2/c1-5-15(9-10(2)3)12-8-11(6-7-14-12)13(16)17-4/h6-8H,2,5,9H2,1,3-4H3. The summed E-state index contributed by atoms with van der Waals surface area (Å²) >= 11 is 0. The Morgan fingerprint density at radius 2 is 2.29 bits per heavy atom. The Balaban J connectivity index is 2.96. The third kappa shape index (κ3) is 3.59. The van der Waals surface area contributed by atoms with E-state index in [-0.39, 0.29) is 5.97 Å². The molecule has 0 aliphatic heterocycles. The molecule has 0 radical (unpaired) electrons. The van der Waals surface area contributed by atoms with Crippen molar-refractivity contribution in [3.63, 3.8) is 0 Å². The molecule has 0 saturated carbocycles. The van der Waals surface area contributed by atoms with Crippen molar-refractivity contribution in [1.29, 1.82) is 0 Å². The van der Waals surface area contributed by atoms with E-state index < -0.39 is 0 Å². The number of ether oxygens (including phenoxy) is 1. The van der Waals surface area contributed by atoms with Crippen LogP contribution in [-0.4, -0.2) is 31.2 Å². The molecule has 0 N–H and O–H groups in total. The van der Waals surface area contributed by atoms with Crippen LogP contribution in [0.5, 0.6) is 0 Å². The summed E-state index contributed by atoms with van der Waals surface area (Å²) in [7, 11) is 1.37. The van der Waals surface area contributed by atoms with Gasteiger partial charge in [0, 0.05) is 19.3 Å². The van der Waals surface area contributed by atoms with Crippen molar-refractivity contribution in [2.75, 3.05) is 25.1 Å². The van der Waals surface area contributed by atoms with Gasteiger partial charge in [0.1, 0.15) is 5.82 Å². The second-order valence-electron chi connectivity index (χ2n) is 3.87. The number of carbonyl (C=O) groups excluding carboxylic acids is 1. The minimum atomic E-state index is -0.347. The molecule has 0 spiro atoms. The second-order valence-corrected chi connectivity index (χ2v) is 3.87. The van der Waals surface area contributed by atoms with Crippen LogP contribution in [0.3, 0.4) is 0 Å². The average molecular weight is 234 g/mol. The van der Waals surface area contributed by atoms with E-state index >= 15 is 0 Å². The van der Waals surface area contributed by atoms with Gasteiger partial charge in [0.05, 0.1) is 12.7 Å². The molecule has 0 saturated heterocycles. The van der Waals surface area contributed by atoms with Gasteiger partial charge in [-0.15, -0.1) is 0 Å². The summed E-state index contributed by atoms with van der Waals surface area (Å²) in [6.45, 7) is 9.42. The van der Waals surface area contributed by atoms with Crippen LogP contribution in [0.1, 0.15) is 24.2 Å². The summed E-state index contributed by atoms with van der Waals surface area (Å²) in [5.41, 5.74) is 1.56. The van der Waals surface area contributed by atoms with E-state index in [1.165, 1.54) is 7.11 Å². The average Bonchev–Trinajstić information content (AvgIpc) is 2.34. The van der Waals surface area contributed by atoms with Crippen LogP contribution in [0, 0.1) is 0 Å². The number of anilines is 1. The maximum Gasteiger partial charge on any atom is 0.338 e. The molecule has 1 aromatic rings. The van der Waals surface area contributed by atoms with Crippen LogP contribution in [0.4, 0.5) is 5.82 Å². The molecule has 1 heterocycles. The van der Waals surface area contributed by atoms with Crippen LogP contribution in [0.25, 0.3) is 0 Å². The van der Waals surface area contributed by atoms with Crippen molar-refractivity contribution in [2.45, 2.75) is 13.8 Å². The monoisotopic (exact) mass is 234 g/mol. The Hall–Kier alpha value is -1.84. The van der Waals surface area contributed by atoms with Gasteiger partial charge in [-0.25, -0.2) is 9.78 Å². The van der Waals surface area contributed by atoms with E-state index in [0.717, 1.165) is 24.5 Å². The molecule has 0 amide bonds. The molecule has 4 heteroatoms. The molecule has 0 aromatic carbocycles. The lowest BCUT2D eigenvalue weighted by molar-refractivity contribution is 0.0600. The molecule has 1 aromatic heterocycles. The third-order valence-electron chi connectivity index (χ3n) is 2.33. The normalized spacial score (nSPS) is 9.82. The van der Waals surface area contributed by atoms with Gasteiger partial charge in [-0.3, -0.25) is 0 Å². The van der Waals surface area contributed by atoms with E-state index in [1.54, 1.807) is 18.3 Å². The van der Waals surface area contributed by atoms with Crippen molar-refractivity contribution in [2.24, 2.45) is 0 Å². The molecular formula is C13H18N2O2. The highest BCUT2D eigenvalue weighted by Crippen LogP contribution is 2.14. The Kier molecular flexibility index (Phi) is 4.69. The Bertz CT molecular complexity index is 416. The number of rotatable bonds is 5. The third-order valence-corrected chi connectivity index (χ3v) is 2.33. The zero-order chi connectivity index (χ0) is 12.8. The molecular weight excluding hydrogens is 216 g/mol. The summed E-state index contributed by atoms with van der Waals surface area (Å²) in [4.78, 5) is 17.7. The summed E-state index contributed by atoms with van der Waals surface area (Å²) in [6.07, 6.45) is 1.61. The van der Waals surface area contributed by atoms with Gasteiger partial charge >= 0.3 is 5.97 Å². The van der Waals surface area contributed by atoms with Gasteiger partial charge in [0.25, 0.3) is 0 Å². The highest BCUT2D eigenvalue weighted by molar-refractivity contribution is 5.90. The van der Waals surface area contributed by atoms with E-state index in [9.17, 15) is 4.79 Å². The molecule has 0 aliphatic rings. The quantitative estimate of drug-likeness (QED) is 0.579. The predicted molar refractivity (Wildman–Crippen MR) is 68.3 cm³/mol. The van der Waals surface area contributed by atoms with Crippen molar-refractivity contribution in [3.05, 3.63) is 36.0 Å². The molecule has 17 heavy (non-hydrogen) atoms. The van der Waals surface area contributed by atoms with E-state index in [4.69, 9.17) is 0 Å². The Labute approximate surface area is 102 Å². The molecule has 92 valence electrons. The highest BCUT2D eigenvalue weighted by Gasteiger charge is 2.10. The fourth-order valence-corrected chi connectivity index (χ4v) is 1.52. The lowest BCUT2D eigenvalue weighted by Gasteiger charge is -2.22. The van der Waals surface area contributed by atoms with Crippen LogP contribution in [-0.2, 0) is 4.74 Å². The van der Waals surface area contributed by atoms with Gasteiger partial charge in [-0.05, 0) is 26.0 Å². The van der Waals surface area contributed by atoms with Crippen LogP contribution < -0.4 is 4.90 Å². The van der Waals surface area contributed by atoms with Crippen molar-refractivity contribution < 1.29 is 9.53 Å². The number of pyridine rings is 1. The van der Waals surface area contributed by atoms with Gasteiger partial charge in [0.15, 0.2) is 0 Å². The smallest absolute Gasteiger partial charge is 0.338 e. The van der Waals surface area contributed by atoms with E-state index in [0.29, 0.717) is 5.56 Å². The van der Waals surface area contributed by atoms with Gasteiger partial charge in [-0.1, -0.05) is 12.2 Å². The fraction of sp³-hybridized carbons (Fsp3) is 0.385. The molecule has 0 bridgehead atoms. The second kappa shape index (κ2) is 6.03. The van der Waals surface area contributed by atoms with Crippen LogP contribution in [0.2, 0.25) is 0 Å². The van der Waals surface area contributed by atoms with Crippen molar-refractivity contribution in [3.8, 4) is 0 Å². The van der Waals surface area contributed by atoms with Crippen molar-refractivity contribution in [1.82, 2.24) is 4.98 Å². The zero-order valence-corrected chi connectivity index (χ0v) is 10.6. The van der Waals surface area contributed by atoms with Crippen molar-refractivity contribution >= 4 is 11.8 Å². The number of hydrogen-bond donors (Lipinski definition) is 0. The lowest BCUT2D eigenvalue weighted by atomic mass is 10.2. The summed E-state index contributed by atoms with van der Waals surface area (Å²) in [6, 6.07) is 3.38. The first-order chi connectivity index (χ1) is 8.08. The largest absolute Gasteiger partial charge is 0.465 e. The first kappa shape index (κ1) is 13.2. The minimum absolute atomic E-state index is 0.347. The van der Waals surface area contributed by atoms with E-state index in [1.807, 2.05) is 13.8 Å². The molecule has 0 aliphatic carbocycles. The zero-order valence-electron chi connectivity index (χ0n) is 10.6. The number of methoxy groups -OCH3 is 1. The number of carbonyl (C=O) groups is 1. The summed E-state index contributed by atoms with van der Waals surface area (Å²) < 4.78 is 4.68. The number of nitrogens with zero attached hydrogens (tertiary/aromatic N) is 2. The van der Waals surface area contributed by atoms with Crippen LogP contribution >= 0.6 is 0 Å². The maximum atomic E-state index is 11.4. The molecule has 1 rings (SSSR count). The lowest BCUT2D eigenvalue weighted by Crippen LogP contribution is -2.25. The van der Waals surface area contributed by atoms with Gasteiger partial charge < -0.3 is 9.64 Å². The number of hydrogen-bond acceptors (Lipinski definition) is 4. The Morgan fingerprint density at radius 1 is 1.59 bits per heavy atom. The fourth-order valence-electron chi connectivity index (χ4n) is 1.52. The van der Waals surface area contributed by atoms with Gasteiger partial charge in [-0.2, -0.15) is 0 Å². The first-order valence-electron chi connectivity index (χ1n) is 5.52. The number of aromatic nitrogens is 1. The van der Waals surface area contributed by atoms with E-state index in [2.05, 4.69) is 21.2 Å². The SMILES string of the molecule is C=C(C)CN(CC)c1cc(C(=O)OC)ccn1. The summed E-state index contributed by atoms with van der Waals surface area (Å²) in [5, 5.41) is 0. The maximum absolute atomic E-state index is 11.4. The predicted octanol–water partition coefficient (Wildman–Crippen LogP) is 2.27. The van der Waals surface area contributed by atoms with Crippen LogP contribution in [0.15, 0.2) is 30.5 Å². The molecule has 0 fully saturated rings. The summed E-state index contributed by atoms with van der Waals surface area (Å²) in [5.74, 6) is 0.415. The minimum Gasteiger partial charge on any atom is -0.465 e.